The Morgan fingerprint density at radius 3 is 2.03 bits per heavy atom. The van der Waals surface area contributed by atoms with E-state index in [-0.39, 0.29) is 29.0 Å². The summed E-state index contributed by atoms with van der Waals surface area (Å²) in [5.41, 5.74) is 2.08. The third-order valence-electron chi connectivity index (χ3n) is 4.90. The van der Waals surface area contributed by atoms with Crippen LogP contribution in [0.2, 0.25) is 0 Å². The molecule has 3 aromatic carbocycles. The lowest BCUT2D eigenvalue weighted by molar-refractivity contribution is 0.0827. The number of rotatable bonds is 5. The first-order valence-electron chi connectivity index (χ1n) is 9.52. The first-order valence-corrected chi connectivity index (χ1v) is 9.52. The molecule has 30 heavy (non-hydrogen) atoms. The van der Waals surface area contributed by atoms with Gasteiger partial charge in [-0.2, -0.15) is 0 Å². The molecule has 0 aliphatic carbocycles. The number of carbonyl (C=O) groups is 2. The Morgan fingerprint density at radius 2 is 1.47 bits per heavy atom. The molecule has 6 heteroatoms. The Kier molecular flexibility index (Phi) is 6.06. The zero-order valence-electron chi connectivity index (χ0n) is 17.1. The standard InChI is InChI=1S/C24H24N2O4/c1-16(17-7-5-4-6-8-17)26(24(30)21-14-13-20(27)15-22(21)28)19-11-9-18(10-12-19)23(29)25(2)3/h4-16,27-28H,1-3H3. The molecule has 6 nitrogen and oxygen atoms in total. The third-order valence-corrected chi connectivity index (χ3v) is 4.90. The molecular weight excluding hydrogens is 380 g/mol. The van der Waals surface area contributed by atoms with Crippen LogP contribution in [0.5, 0.6) is 11.5 Å². The van der Waals surface area contributed by atoms with E-state index in [9.17, 15) is 19.8 Å². The molecule has 0 bridgehead atoms. The van der Waals surface area contributed by atoms with Gasteiger partial charge in [-0.3, -0.25) is 9.59 Å². The van der Waals surface area contributed by atoms with Crippen LogP contribution in [0.3, 0.4) is 0 Å². The summed E-state index contributed by atoms with van der Waals surface area (Å²) in [5.74, 6) is -0.981. The normalized spacial score (nSPS) is 11.6. The van der Waals surface area contributed by atoms with E-state index in [4.69, 9.17) is 0 Å². The van der Waals surface area contributed by atoms with Crippen molar-refractivity contribution in [2.24, 2.45) is 0 Å². The van der Waals surface area contributed by atoms with Gasteiger partial charge in [-0.15, -0.1) is 0 Å². The van der Waals surface area contributed by atoms with E-state index >= 15 is 0 Å². The molecule has 0 radical (unpaired) electrons. The van der Waals surface area contributed by atoms with E-state index in [0.29, 0.717) is 11.3 Å². The smallest absolute Gasteiger partial charge is 0.262 e. The van der Waals surface area contributed by atoms with Gasteiger partial charge in [-0.05, 0) is 48.9 Å². The predicted octanol–water partition coefficient (Wildman–Crippen LogP) is 4.21. The Balaban J connectivity index is 2.05. The largest absolute Gasteiger partial charge is 0.508 e. The van der Waals surface area contributed by atoms with Crippen molar-refractivity contribution in [2.75, 3.05) is 19.0 Å². The molecule has 3 rings (SSSR count). The van der Waals surface area contributed by atoms with Gasteiger partial charge in [0.25, 0.3) is 11.8 Å². The number of phenolic OH excluding ortho intramolecular Hbond substituents is 2. The number of hydrogen-bond acceptors (Lipinski definition) is 4. The number of hydrogen-bond donors (Lipinski definition) is 2. The molecule has 0 saturated heterocycles. The van der Waals surface area contributed by atoms with Crippen LogP contribution in [0.15, 0.2) is 72.8 Å². The van der Waals surface area contributed by atoms with Crippen LogP contribution in [0.4, 0.5) is 5.69 Å². The van der Waals surface area contributed by atoms with Gasteiger partial charge in [0.1, 0.15) is 11.5 Å². The van der Waals surface area contributed by atoms with Crippen LogP contribution in [0.25, 0.3) is 0 Å². The lowest BCUT2D eigenvalue weighted by Crippen LogP contribution is -2.33. The fourth-order valence-electron chi connectivity index (χ4n) is 3.25. The monoisotopic (exact) mass is 404 g/mol. The molecule has 0 aliphatic heterocycles. The molecule has 0 spiro atoms. The summed E-state index contributed by atoms with van der Waals surface area (Å²) in [6.45, 7) is 1.89. The van der Waals surface area contributed by atoms with Gasteiger partial charge >= 0.3 is 0 Å². The third kappa shape index (κ3) is 4.27. The molecule has 1 unspecified atom stereocenters. The summed E-state index contributed by atoms with van der Waals surface area (Å²) in [5, 5.41) is 19.8. The molecule has 0 aliphatic rings. The topological polar surface area (TPSA) is 81.1 Å². The maximum atomic E-state index is 13.4. The maximum absolute atomic E-state index is 13.4. The zero-order chi connectivity index (χ0) is 21.8. The molecular formula is C24H24N2O4. The van der Waals surface area contributed by atoms with Crippen LogP contribution in [-0.4, -0.2) is 41.0 Å². The van der Waals surface area contributed by atoms with E-state index in [1.165, 1.54) is 17.0 Å². The minimum Gasteiger partial charge on any atom is -0.508 e. The van der Waals surface area contributed by atoms with Crippen molar-refractivity contribution in [3.05, 3.63) is 89.5 Å². The first-order chi connectivity index (χ1) is 14.3. The lowest BCUT2D eigenvalue weighted by atomic mass is 10.0. The quantitative estimate of drug-likeness (QED) is 0.668. The predicted molar refractivity (Wildman–Crippen MR) is 116 cm³/mol. The summed E-state index contributed by atoms with van der Waals surface area (Å²) in [7, 11) is 3.36. The van der Waals surface area contributed by atoms with Gasteiger partial charge in [-0.1, -0.05) is 30.3 Å². The van der Waals surface area contributed by atoms with E-state index in [1.807, 2.05) is 37.3 Å². The van der Waals surface area contributed by atoms with Crippen molar-refractivity contribution in [1.82, 2.24) is 4.90 Å². The van der Waals surface area contributed by atoms with E-state index in [1.54, 1.807) is 43.3 Å². The molecule has 0 aromatic heterocycles. The second-order valence-corrected chi connectivity index (χ2v) is 7.21. The zero-order valence-corrected chi connectivity index (χ0v) is 17.1. The van der Waals surface area contributed by atoms with E-state index in [2.05, 4.69) is 0 Å². The van der Waals surface area contributed by atoms with Crippen LogP contribution in [0, 0.1) is 0 Å². The summed E-state index contributed by atoms with van der Waals surface area (Å²) >= 11 is 0. The van der Waals surface area contributed by atoms with Crippen molar-refractivity contribution >= 4 is 17.5 Å². The number of carbonyl (C=O) groups excluding carboxylic acids is 2. The average molecular weight is 404 g/mol. The Labute approximate surface area is 175 Å². The van der Waals surface area contributed by atoms with Crippen LogP contribution in [-0.2, 0) is 0 Å². The molecule has 2 amide bonds. The van der Waals surface area contributed by atoms with Crippen molar-refractivity contribution in [3.8, 4) is 11.5 Å². The highest BCUT2D eigenvalue weighted by molar-refractivity contribution is 6.08. The molecule has 2 N–H and O–H groups in total. The second kappa shape index (κ2) is 8.69. The minimum absolute atomic E-state index is 0.0732. The molecule has 0 fully saturated rings. The molecule has 154 valence electrons. The summed E-state index contributed by atoms with van der Waals surface area (Å²) in [6, 6.07) is 19.8. The van der Waals surface area contributed by atoms with Crippen molar-refractivity contribution in [3.63, 3.8) is 0 Å². The van der Waals surface area contributed by atoms with E-state index in [0.717, 1.165) is 11.6 Å². The number of anilines is 1. The van der Waals surface area contributed by atoms with Crippen molar-refractivity contribution in [1.29, 1.82) is 0 Å². The number of nitrogens with zero attached hydrogens (tertiary/aromatic N) is 2. The minimum atomic E-state index is -0.421. The highest BCUT2D eigenvalue weighted by Gasteiger charge is 2.27. The number of aromatic hydroxyl groups is 2. The highest BCUT2D eigenvalue weighted by Crippen LogP contribution is 2.32. The molecule has 0 heterocycles. The maximum Gasteiger partial charge on any atom is 0.262 e. The molecule has 0 saturated carbocycles. The average Bonchev–Trinajstić information content (AvgIpc) is 2.74. The Bertz CT molecular complexity index is 1050. The first kappa shape index (κ1) is 20.9. The van der Waals surface area contributed by atoms with Gasteiger partial charge in [0.2, 0.25) is 0 Å². The van der Waals surface area contributed by atoms with Gasteiger partial charge in [0.15, 0.2) is 0 Å². The highest BCUT2D eigenvalue weighted by atomic mass is 16.3. The van der Waals surface area contributed by atoms with Crippen LogP contribution >= 0.6 is 0 Å². The van der Waals surface area contributed by atoms with Crippen LogP contribution in [0.1, 0.15) is 39.2 Å². The van der Waals surface area contributed by atoms with Crippen LogP contribution < -0.4 is 4.90 Å². The number of phenols is 2. The number of benzene rings is 3. The summed E-state index contributed by atoms with van der Waals surface area (Å²) in [6.07, 6.45) is 0. The van der Waals surface area contributed by atoms with Gasteiger partial charge in [0, 0.05) is 31.4 Å². The Morgan fingerprint density at radius 1 is 0.833 bits per heavy atom. The fraction of sp³-hybridized carbons (Fsp3) is 0.167. The van der Waals surface area contributed by atoms with Crippen molar-refractivity contribution in [2.45, 2.75) is 13.0 Å². The summed E-state index contributed by atoms with van der Waals surface area (Å²) < 4.78 is 0. The fourth-order valence-corrected chi connectivity index (χ4v) is 3.25. The lowest BCUT2D eigenvalue weighted by Gasteiger charge is -2.30. The molecule has 1 atom stereocenters. The van der Waals surface area contributed by atoms with Gasteiger partial charge in [0.05, 0.1) is 11.6 Å². The second-order valence-electron chi connectivity index (χ2n) is 7.21. The SMILES string of the molecule is CC(c1ccccc1)N(C(=O)c1ccc(O)cc1O)c1ccc(C(=O)N(C)C)cc1. The Hall–Kier alpha value is -3.80. The van der Waals surface area contributed by atoms with Gasteiger partial charge in [-0.25, -0.2) is 0 Å². The van der Waals surface area contributed by atoms with E-state index < -0.39 is 5.91 Å². The summed E-state index contributed by atoms with van der Waals surface area (Å²) in [4.78, 5) is 28.7. The van der Waals surface area contributed by atoms with Gasteiger partial charge < -0.3 is 20.0 Å². The van der Waals surface area contributed by atoms with Crippen molar-refractivity contribution < 1.29 is 19.8 Å². The number of amides is 2. The molecule has 3 aromatic rings.